The molecular weight excluding hydrogens is 352 g/mol. The van der Waals surface area contributed by atoms with Crippen LogP contribution in [0.2, 0.25) is 0 Å². The molecule has 0 aliphatic rings. The molecule has 0 spiro atoms. The summed E-state index contributed by atoms with van der Waals surface area (Å²) in [7, 11) is 1.73. The topological polar surface area (TPSA) is 75.1 Å². The third kappa shape index (κ3) is 4.81. The van der Waals surface area contributed by atoms with Gasteiger partial charge in [0.2, 0.25) is 0 Å². The van der Waals surface area contributed by atoms with Crippen molar-refractivity contribution in [1.29, 1.82) is 5.26 Å². The average molecular weight is 383 g/mol. The minimum atomic E-state index is -0.193. The summed E-state index contributed by atoms with van der Waals surface area (Å²) < 4.78 is -0.193. The number of pyridine rings is 1. The fourth-order valence-corrected chi connectivity index (χ4v) is 4.76. The first-order chi connectivity index (χ1) is 13.0. The van der Waals surface area contributed by atoms with Gasteiger partial charge in [-0.3, -0.25) is 9.98 Å². The van der Waals surface area contributed by atoms with Gasteiger partial charge in [-0.2, -0.15) is 5.26 Å². The Hall–Kier alpha value is -2.06. The smallest absolute Gasteiger partial charge is 0.154 e. The van der Waals surface area contributed by atoms with Crippen LogP contribution in [0.4, 0.5) is 0 Å². The zero-order chi connectivity index (χ0) is 19.9. The van der Waals surface area contributed by atoms with Crippen molar-refractivity contribution < 1.29 is 0 Å². The maximum atomic E-state index is 9.41. The summed E-state index contributed by atoms with van der Waals surface area (Å²) in [5, 5.41) is 12.3. The van der Waals surface area contributed by atoms with E-state index < -0.39 is 0 Å². The van der Waals surface area contributed by atoms with E-state index in [-0.39, 0.29) is 10.7 Å². The van der Waals surface area contributed by atoms with Gasteiger partial charge in [-0.1, -0.05) is 50.6 Å². The summed E-state index contributed by atoms with van der Waals surface area (Å²) in [6, 6.07) is 8.81. The number of aromatic nitrogens is 1. The third-order valence-electron chi connectivity index (χ3n) is 5.23. The van der Waals surface area contributed by atoms with Gasteiger partial charge in [0, 0.05) is 36.0 Å². The lowest BCUT2D eigenvalue weighted by Crippen LogP contribution is -2.25. The highest BCUT2D eigenvalue weighted by molar-refractivity contribution is 8.14. The Labute approximate surface area is 167 Å². The molecule has 0 saturated carbocycles. The van der Waals surface area contributed by atoms with Gasteiger partial charge in [0.05, 0.1) is 6.07 Å². The molecule has 144 valence electrons. The first-order valence-corrected chi connectivity index (χ1v) is 10.5. The van der Waals surface area contributed by atoms with Crippen LogP contribution >= 0.6 is 11.8 Å². The van der Waals surface area contributed by atoms with Crippen LogP contribution < -0.4 is 5.73 Å². The normalized spacial score (nSPS) is 15.3. The van der Waals surface area contributed by atoms with E-state index in [2.05, 4.69) is 48.9 Å². The van der Waals surface area contributed by atoms with E-state index >= 15 is 0 Å². The van der Waals surface area contributed by atoms with Crippen LogP contribution in [0.3, 0.4) is 0 Å². The molecule has 0 fully saturated rings. The van der Waals surface area contributed by atoms with E-state index in [1.165, 1.54) is 16.5 Å². The zero-order valence-electron chi connectivity index (χ0n) is 16.8. The minimum absolute atomic E-state index is 0.180. The average Bonchev–Trinajstić information content (AvgIpc) is 2.69. The molecule has 1 aromatic heterocycles. The quantitative estimate of drug-likeness (QED) is 0.467. The second kappa shape index (κ2) is 9.75. The van der Waals surface area contributed by atoms with Crippen molar-refractivity contribution in [2.45, 2.75) is 63.5 Å². The van der Waals surface area contributed by atoms with Gasteiger partial charge >= 0.3 is 0 Å². The molecule has 2 aromatic rings. The van der Waals surface area contributed by atoms with Crippen LogP contribution in [-0.4, -0.2) is 17.2 Å². The van der Waals surface area contributed by atoms with E-state index in [1.807, 2.05) is 18.5 Å². The molecular formula is C22H30N4S. The number of nitrogens with zero attached hydrogens (tertiary/aromatic N) is 3. The maximum absolute atomic E-state index is 9.41. The highest BCUT2D eigenvalue weighted by atomic mass is 32.2. The molecule has 0 aliphatic carbocycles. The number of hydrogen-bond acceptors (Lipinski definition) is 4. The Balaban J connectivity index is 2.74. The lowest BCUT2D eigenvalue weighted by atomic mass is 9.80. The Morgan fingerprint density at radius 1 is 1.37 bits per heavy atom. The molecule has 0 radical (unpaired) electrons. The standard InChI is InChI=1S/C22H30N4S/c1-5-7-12-22(3,27-21(24)25-4)19-9-8-17-11-14-26-15-18(17)20(19)16(6-2)10-13-23/h8-9,11,14-16H,5-7,10,12H2,1-4H3,(H2,24,25). The van der Waals surface area contributed by atoms with E-state index in [9.17, 15) is 5.26 Å². The van der Waals surface area contributed by atoms with Crippen molar-refractivity contribution in [2.24, 2.45) is 10.7 Å². The van der Waals surface area contributed by atoms with Gasteiger partial charge in [0.25, 0.3) is 0 Å². The van der Waals surface area contributed by atoms with Crippen molar-refractivity contribution >= 4 is 27.7 Å². The van der Waals surface area contributed by atoms with E-state index in [4.69, 9.17) is 5.73 Å². The number of benzene rings is 1. The zero-order valence-corrected chi connectivity index (χ0v) is 17.6. The van der Waals surface area contributed by atoms with Crippen molar-refractivity contribution in [2.75, 3.05) is 7.05 Å². The van der Waals surface area contributed by atoms with Crippen LogP contribution in [0, 0.1) is 11.3 Å². The molecule has 2 N–H and O–H groups in total. The van der Waals surface area contributed by atoms with Crippen molar-refractivity contribution in [3.8, 4) is 6.07 Å². The van der Waals surface area contributed by atoms with Gasteiger partial charge < -0.3 is 5.73 Å². The van der Waals surface area contributed by atoms with E-state index in [0.717, 1.165) is 31.1 Å². The van der Waals surface area contributed by atoms with Gasteiger partial charge in [-0.25, -0.2) is 0 Å². The number of amidine groups is 1. The molecule has 2 atom stereocenters. The van der Waals surface area contributed by atoms with Crippen LogP contribution in [0.1, 0.15) is 69.9 Å². The lowest BCUT2D eigenvalue weighted by molar-refractivity contribution is 0.565. The summed E-state index contributed by atoms with van der Waals surface area (Å²) in [5.41, 5.74) is 8.66. The molecule has 1 heterocycles. The van der Waals surface area contributed by atoms with Gasteiger partial charge in [0.15, 0.2) is 5.17 Å². The number of rotatable bonds is 8. The molecule has 2 unspecified atom stereocenters. The van der Waals surface area contributed by atoms with Crippen LogP contribution in [0.15, 0.2) is 35.6 Å². The molecule has 27 heavy (non-hydrogen) atoms. The highest BCUT2D eigenvalue weighted by Crippen LogP contribution is 2.46. The number of hydrogen-bond donors (Lipinski definition) is 1. The second-order valence-corrected chi connectivity index (χ2v) is 8.61. The Morgan fingerprint density at radius 2 is 2.15 bits per heavy atom. The lowest BCUT2D eigenvalue weighted by Gasteiger charge is -2.33. The molecule has 1 aromatic carbocycles. The van der Waals surface area contributed by atoms with Gasteiger partial charge in [-0.05, 0) is 48.3 Å². The third-order valence-corrected chi connectivity index (χ3v) is 6.50. The van der Waals surface area contributed by atoms with Crippen molar-refractivity contribution in [3.05, 3.63) is 41.7 Å². The number of nitriles is 1. The van der Waals surface area contributed by atoms with Crippen molar-refractivity contribution in [3.63, 3.8) is 0 Å². The maximum Gasteiger partial charge on any atom is 0.154 e. The minimum Gasteiger partial charge on any atom is -0.379 e. The van der Waals surface area contributed by atoms with Gasteiger partial charge in [0.1, 0.15) is 0 Å². The molecule has 4 nitrogen and oxygen atoms in total. The van der Waals surface area contributed by atoms with Crippen LogP contribution in [0.25, 0.3) is 10.8 Å². The van der Waals surface area contributed by atoms with E-state index in [1.54, 1.807) is 18.8 Å². The summed E-state index contributed by atoms with van der Waals surface area (Å²) in [5.74, 6) is 0.180. The van der Waals surface area contributed by atoms with Crippen molar-refractivity contribution in [1.82, 2.24) is 4.98 Å². The first kappa shape index (κ1) is 21.2. The molecule has 0 saturated heterocycles. The molecule has 5 heteroatoms. The van der Waals surface area contributed by atoms with Crippen LogP contribution in [-0.2, 0) is 4.75 Å². The fourth-order valence-electron chi connectivity index (χ4n) is 3.68. The summed E-state index contributed by atoms with van der Waals surface area (Å²) in [6.07, 6.45) is 8.43. The summed E-state index contributed by atoms with van der Waals surface area (Å²) in [4.78, 5) is 8.57. The number of nitrogens with two attached hydrogens (primary N) is 1. The molecule has 0 bridgehead atoms. The van der Waals surface area contributed by atoms with Gasteiger partial charge in [-0.15, -0.1) is 0 Å². The Bertz CT molecular complexity index is 840. The highest BCUT2D eigenvalue weighted by Gasteiger charge is 2.33. The fraction of sp³-hybridized carbons (Fsp3) is 0.500. The monoisotopic (exact) mass is 382 g/mol. The molecule has 0 amide bonds. The number of aliphatic imine (C=N–C) groups is 1. The SMILES string of the molecule is CCCCC(C)(SC(N)=NC)c1ccc2ccncc2c1C(CC)CC#N. The molecule has 0 aliphatic heterocycles. The second-order valence-electron chi connectivity index (χ2n) is 7.09. The molecule has 2 rings (SSSR count). The van der Waals surface area contributed by atoms with E-state index in [0.29, 0.717) is 11.6 Å². The number of unbranched alkanes of at least 4 members (excludes halogenated alkanes) is 1. The van der Waals surface area contributed by atoms with Crippen LogP contribution in [0.5, 0.6) is 0 Å². The Morgan fingerprint density at radius 3 is 2.78 bits per heavy atom. The number of thioether (sulfide) groups is 1. The summed E-state index contributed by atoms with van der Waals surface area (Å²) >= 11 is 1.63. The Kier molecular flexibility index (Phi) is 7.67. The predicted molar refractivity (Wildman–Crippen MR) is 117 cm³/mol. The first-order valence-electron chi connectivity index (χ1n) is 9.66. The number of fused-ring (bicyclic) bond motifs is 1. The summed E-state index contributed by atoms with van der Waals surface area (Å²) in [6.45, 7) is 6.61. The largest absolute Gasteiger partial charge is 0.379 e. The predicted octanol–water partition coefficient (Wildman–Crippen LogP) is 5.73.